The van der Waals surface area contributed by atoms with Gasteiger partial charge in [0.25, 0.3) is 0 Å². The molecule has 3 aromatic rings. The monoisotopic (exact) mass is 359 g/mol. The Morgan fingerprint density at radius 1 is 1.38 bits per heavy atom. The van der Waals surface area contributed by atoms with Crippen LogP contribution in [0.5, 0.6) is 0 Å². The van der Waals surface area contributed by atoms with E-state index < -0.39 is 15.6 Å². The molecule has 1 aliphatic carbocycles. The molecule has 0 bridgehead atoms. The number of rotatable bonds is 4. The first-order chi connectivity index (χ1) is 11.5. The van der Waals surface area contributed by atoms with E-state index in [1.54, 1.807) is 18.2 Å². The number of fused-ring (bicyclic) bond motifs is 3. The summed E-state index contributed by atoms with van der Waals surface area (Å²) in [6.45, 7) is 0. The van der Waals surface area contributed by atoms with Crippen molar-refractivity contribution < 1.29 is 8.42 Å². The summed E-state index contributed by atoms with van der Waals surface area (Å²) >= 11 is 1.51. The third kappa shape index (κ3) is 2.34. The van der Waals surface area contributed by atoms with Crippen LogP contribution in [-0.2, 0) is 10.0 Å². The van der Waals surface area contributed by atoms with E-state index >= 15 is 0 Å². The molecule has 2 aromatic heterocycles. The third-order valence-corrected chi connectivity index (χ3v) is 6.35. The van der Waals surface area contributed by atoms with Crippen molar-refractivity contribution >= 4 is 43.7 Å². The number of nitriles is 1. The van der Waals surface area contributed by atoms with Crippen molar-refractivity contribution in [1.82, 2.24) is 19.7 Å². The van der Waals surface area contributed by atoms with E-state index in [0.29, 0.717) is 24.0 Å². The maximum absolute atomic E-state index is 12.5. The Morgan fingerprint density at radius 3 is 2.83 bits per heavy atom. The van der Waals surface area contributed by atoms with E-state index in [2.05, 4.69) is 19.7 Å². The summed E-state index contributed by atoms with van der Waals surface area (Å²) in [5.41, 5.74) is 0.402. The van der Waals surface area contributed by atoms with E-state index in [0.717, 1.165) is 15.8 Å². The number of aromatic amines is 1. The first-order valence-electron chi connectivity index (χ1n) is 7.24. The van der Waals surface area contributed by atoms with Gasteiger partial charge in [-0.1, -0.05) is 6.07 Å². The summed E-state index contributed by atoms with van der Waals surface area (Å²) < 4.78 is 27.5. The lowest BCUT2D eigenvalue weighted by Gasteiger charge is -2.10. The summed E-state index contributed by atoms with van der Waals surface area (Å²) in [6, 6.07) is 6.89. The van der Waals surface area contributed by atoms with Gasteiger partial charge in [-0.2, -0.15) is 9.98 Å². The van der Waals surface area contributed by atoms with Gasteiger partial charge in [0.15, 0.2) is 0 Å². The molecule has 2 N–H and O–H groups in total. The molecule has 0 saturated heterocycles. The molecule has 7 nitrogen and oxygen atoms in total. The average Bonchev–Trinajstić information content (AvgIpc) is 3.23. The fourth-order valence-corrected chi connectivity index (χ4v) is 4.64. The standard InChI is InChI=1S/C15H13N5O2S2/c1-23-14-12-10-3-2-9(6-11(10)19-13(12)17-8-18-14)24(21,22)20-15(7-16)4-5-15/h2-3,6,8,20H,4-5H2,1H3,(H,17,18,19). The Balaban J connectivity index is 1.85. The molecule has 0 spiro atoms. The van der Waals surface area contributed by atoms with Gasteiger partial charge >= 0.3 is 0 Å². The first-order valence-corrected chi connectivity index (χ1v) is 9.94. The lowest BCUT2D eigenvalue weighted by Crippen LogP contribution is -2.35. The third-order valence-electron chi connectivity index (χ3n) is 4.12. The lowest BCUT2D eigenvalue weighted by molar-refractivity contribution is 0.571. The van der Waals surface area contributed by atoms with Crippen molar-refractivity contribution in [3.05, 3.63) is 24.5 Å². The highest BCUT2D eigenvalue weighted by molar-refractivity contribution is 7.98. The van der Waals surface area contributed by atoms with Crippen LogP contribution in [0.1, 0.15) is 12.8 Å². The van der Waals surface area contributed by atoms with Gasteiger partial charge in [-0.25, -0.2) is 18.4 Å². The molecule has 4 rings (SSSR count). The smallest absolute Gasteiger partial charge is 0.242 e. The number of nitrogens with one attached hydrogen (secondary N) is 2. The normalized spacial score (nSPS) is 16.3. The summed E-state index contributed by atoms with van der Waals surface area (Å²) in [4.78, 5) is 11.7. The Hall–Kier alpha value is -2.15. The lowest BCUT2D eigenvalue weighted by atomic mass is 10.2. The minimum atomic E-state index is -3.75. The molecule has 1 aliphatic rings. The fourth-order valence-electron chi connectivity index (χ4n) is 2.68. The van der Waals surface area contributed by atoms with Gasteiger partial charge in [-0.05, 0) is 31.2 Å². The fraction of sp³-hybridized carbons (Fsp3) is 0.267. The molecule has 1 aromatic carbocycles. The minimum absolute atomic E-state index is 0.127. The molecule has 0 aliphatic heterocycles. The summed E-state index contributed by atoms with van der Waals surface area (Å²) in [5, 5.41) is 11.7. The number of H-pyrrole nitrogens is 1. The van der Waals surface area contributed by atoms with Crippen molar-refractivity contribution in [3.63, 3.8) is 0 Å². The molecule has 0 atom stereocenters. The zero-order valence-corrected chi connectivity index (χ0v) is 14.3. The highest BCUT2D eigenvalue weighted by Crippen LogP contribution is 2.37. The van der Waals surface area contributed by atoms with Gasteiger partial charge in [-0.3, -0.25) is 0 Å². The molecular formula is C15H13N5O2S2. The second kappa shape index (κ2) is 5.17. The van der Waals surface area contributed by atoms with Crippen LogP contribution in [0.25, 0.3) is 21.9 Å². The Morgan fingerprint density at radius 2 is 2.17 bits per heavy atom. The average molecular weight is 359 g/mol. The van der Waals surface area contributed by atoms with Crippen LogP contribution in [0, 0.1) is 11.3 Å². The van der Waals surface area contributed by atoms with Gasteiger partial charge in [0, 0.05) is 10.9 Å². The highest BCUT2D eigenvalue weighted by atomic mass is 32.2. The molecule has 2 heterocycles. The van der Waals surface area contributed by atoms with Crippen molar-refractivity contribution in [2.75, 3.05) is 6.26 Å². The minimum Gasteiger partial charge on any atom is -0.339 e. The van der Waals surface area contributed by atoms with Gasteiger partial charge in [-0.15, -0.1) is 11.8 Å². The van der Waals surface area contributed by atoms with Crippen LogP contribution in [0.2, 0.25) is 0 Å². The van der Waals surface area contributed by atoms with E-state index in [-0.39, 0.29) is 4.90 Å². The molecule has 0 amide bonds. The molecule has 9 heteroatoms. The maximum atomic E-state index is 12.5. The van der Waals surface area contributed by atoms with E-state index in [1.165, 1.54) is 18.1 Å². The molecule has 1 saturated carbocycles. The molecule has 1 fully saturated rings. The zero-order valence-electron chi connectivity index (χ0n) is 12.7. The van der Waals surface area contributed by atoms with Crippen LogP contribution in [0.3, 0.4) is 0 Å². The number of benzene rings is 1. The van der Waals surface area contributed by atoms with Crippen molar-refractivity contribution in [1.29, 1.82) is 5.26 Å². The number of hydrogen-bond donors (Lipinski definition) is 2. The summed E-state index contributed by atoms with van der Waals surface area (Å²) in [7, 11) is -3.75. The van der Waals surface area contributed by atoms with E-state index in [4.69, 9.17) is 5.26 Å². The molecule has 122 valence electrons. The zero-order chi connectivity index (χ0) is 16.9. The first kappa shape index (κ1) is 15.4. The van der Waals surface area contributed by atoms with Gasteiger partial charge < -0.3 is 4.98 Å². The largest absolute Gasteiger partial charge is 0.339 e. The highest BCUT2D eigenvalue weighted by Gasteiger charge is 2.46. The number of hydrogen-bond acceptors (Lipinski definition) is 6. The molecular weight excluding hydrogens is 346 g/mol. The topological polar surface area (TPSA) is 112 Å². The second-order valence-electron chi connectivity index (χ2n) is 5.74. The summed E-state index contributed by atoms with van der Waals surface area (Å²) in [6.07, 6.45) is 4.50. The Kier molecular flexibility index (Phi) is 3.32. The maximum Gasteiger partial charge on any atom is 0.242 e. The number of nitrogens with zero attached hydrogens (tertiary/aromatic N) is 3. The number of aromatic nitrogens is 3. The van der Waals surface area contributed by atoms with Crippen LogP contribution in [0.15, 0.2) is 34.4 Å². The van der Waals surface area contributed by atoms with Crippen molar-refractivity contribution in [2.24, 2.45) is 0 Å². The molecule has 0 unspecified atom stereocenters. The van der Waals surface area contributed by atoms with Crippen LogP contribution in [0.4, 0.5) is 0 Å². The molecule has 24 heavy (non-hydrogen) atoms. The Bertz CT molecular complexity index is 1110. The van der Waals surface area contributed by atoms with Gasteiger partial charge in [0.1, 0.15) is 22.5 Å². The second-order valence-corrected chi connectivity index (χ2v) is 8.22. The van der Waals surface area contributed by atoms with Gasteiger partial charge in [0.2, 0.25) is 10.0 Å². The van der Waals surface area contributed by atoms with Crippen LogP contribution >= 0.6 is 11.8 Å². The SMILES string of the molecule is CSc1ncnc2[nH]c3cc(S(=O)(=O)NC4(C#N)CC4)ccc3c12. The van der Waals surface area contributed by atoms with Crippen LogP contribution in [-0.4, -0.2) is 35.2 Å². The predicted molar refractivity (Wildman–Crippen MR) is 91.1 cm³/mol. The summed E-state index contributed by atoms with van der Waals surface area (Å²) in [5.74, 6) is 0. The van der Waals surface area contributed by atoms with E-state index in [1.807, 2.05) is 12.3 Å². The number of sulfonamides is 1. The van der Waals surface area contributed by atoms with Crippen molar-refractivity contribution in [3.8, 4) is 6.07 Å². The number of thioether (sulfide) groups is 1. The Labute approximate surface area is 142 Å². The quantitative estimate of drug-likeness (QED) is 0.545. The van der Waals surface area contributed by atoms with E-state index in [9.17, 15) is 8.42 Å². The molecule has 0 radical (unpaired) electrons. The van der Waals surface area contributed by atoms with Crippen molar-refractivity contribution in [2.45, 2.75) is 28.3 Å². The van der Waals surface area contributed by atoms with Gasteiger partial charge in [0.05, 0.1) is 16.4 Å². The van der Waals surface area contributed by atoms with Crippen LogP contribution < -0.4 is 4.72 Å². The predicted octanol–water partition coefficient (Wildman–Crippen LogP) is 2.17.